The molecular weight excluding hydrogens is 471 g/mol. The number of carbonyl (C=O) groups is 2. The zero-order valence-corrected chi connectivity index (χ0v) is 18.1. The van der Waals surface area contributed by atoms with E-state index < -0.39 is 28.4 Å². The molecule has 0 bridgehead atoms. The molecular formula is C23H14Cl2N2O6. The quantitative estimate of drug-likeness (QED) is 0.172. The molecule has 1 saturated heterocycles. The lowest BCUT2D eigenvalue weighted by Gasteiger charge is -2.25. The number of benzene rings is 3. The first-order valence-electron chi connectivity index (χ1n) is 9.49. The molecule has 1 atom stereocenters. The monoisotopic (exact) mass is 484 g/mol. The first kappa shape index (κ1) is 22.3. The molecule has 1 aliphatic rings. The minimum Gasteiger partial charge on any atom is -0.508 e. The zero-order valence-electron chi connectivity index (χ0n) is 16.6. The Morgan fingerprint density at radius 3 is 2.15 bits per heavy atom. The number of anilines is 1. The summed E-state index contributed by atoms with van der Waals surface area (Å²) in [7, 11) is 0. The highest BCUT2D eigenvalue weighted by molar-refractivity contribution is 6.52. The minimum atomic E-state index is -1.06. The Balaban J connectivity index is 1.92. The smallest absolute Gasteiger partial charge is 0.300 e. The van der Waals surface area contributed by atoms with Gasteiger partial charge in [0, 0.05) is 23.4 Å². The number of rotatable bonds is 4. The van der Waals surface area contributed by atoms with Crippen molar-refractivity contribution in [1.29, 1.82) is 0 Å². The van der Waals surface area contributed by atoms with Crippen molar-refractivity contribution in [2.24, 2.45) is 0 Å². The third-order valence-electron chi connectivity index (χ3n) is 5.19. The number of phenolic OH excluding ortho intramolecular Hbond substituents is 1. The second kappa shape index (κ2) is 8.57. The Hall–Kier alpha value is -3.88. The number of nitro benzene ring substituents is 1. The van der Waals surface area contributed by atoms with Gasteiger partial charge in [0.1, 0.15) is 11.5 Å². The number of hydrogen-bond acceptors (Lipinski definition) is 6. The molecule has 0 aromatic heterocycles. The molecule has 10 heteroatoms. The van der Waals surface area contributed by atoms with Gasteiger partial charge in [-0.2, -0.15) is 0 Å². The van der Waals surface area contributed by atoms with Crippen molar-refractivity contribution < 1.29 is 24.7 Å². The number of aliphatic hydroxyl groups excluding tert-OH is 1. The second-order valence-corrected chi connectivity index (χ2v) is 7.98. The van der Waals surface area contributed by atoms with Gasteiger partial charge in [-0.1, -0.05) is 35.3 Å². The summed E-state index contributed by atoms with van der Waals surface area (Å²) in [4.78, 5) is 37.6. The van der Waals surface area contributed by atoms with E-state index in [4.69, 9.17) is 23.2 Å². The average molecular weight is 485 g/mol. The van der Waals surface area contributed by atoms with Gasteiger partial charge in [0.2, 0.25) is 0 Å². The zero-order chi connectivity index (χ0) is 23.9. The number of ketones is 1. The maximum Gasteiger partial charge on any atom is 0.300 e. The number of amides is 1. The Kier molecular flexibility index (Phi) is 5.80. The number of carbonyl (C=O) groups excluding carboxylic acids is 2. The molecule has 3 aromatic carbocycles. The molecule has 0 spiro atoms. The molecule has 1 unspecified atom stereocenters. The summed E-state index contributed by atoms with van der Waals surface area (Å²) in [6, 6.07) is 14.1. The summed E-state index contributed by atoms with van der Waals surface area (Å²) in [5, 5.41) is 32.0. The molecule has 1 fully saturated rings. The van der Waals surface area contributed by atoms with Crippen LogP contribution in [-0.4, -0.2) is 26.8 Å². The van der Waals surface area contributed by atoms with Crippen LogP contribution in [0.15, 0.2) is 72.3 Å². The highest BCUT2D eigenvalue weighted by Crippen LogP contribution is 2.43. The number of hydrogen-bond donors (Lipinski definition) is 2. The predicted octanol–water partition coefficient (Wildman–Crippen LogP) is 5.23. The number of nitrogens with zero attached hydrogens (tertiary/aromatic N) is 2. The van der Waals surface area contributed by atoms with Crippen molar-refractivity contribution in [1.82, 2.24) is 0 Å². The van der Waals surface area contributed by atoms with E-state index in [1.54, 1.807) is 0 Å². The number of aliphatic hydroxyl groups is 1. The lowest BCUT2D eigenvalue weighted by Crippen LogP contribution is -2.29. The van der Waals surface area contributed by atoms with E-state index in [9.17, 15) is 29.9 Å². The normalized spacial score (nSPS) is 17.4. The molecule has 1 amide bonds. The van der Waals surface area contributed by atoms with Gasteiger partial charge in [0.05, 0.1) is 26.6 Å². The van der Waals surface area contributed by atoms with Crippen LogP contribution < -0.4 is 4.90 Å². The van der Waals surface area contributed by atoms with Crippen LogP contribution in [-0.2, 0) is 9.59 Å². The molecule has 166 valence electrons. The van der Waals surface area contributed by atoms with Crippen molar-refractivity contribution >= 4 is 52.0 Å². The van der Waals surface area contributed by atoms with Crippen LogP contribution in [0.1, 0.15) is 17.2 Å². The van der Waals surface area contributed by atoms with E-state index in [0.717, 1.165) is 0 Å². The standard InChI is InChI=1S/C23H14Cl2N2O6/c24-17-10-7-15(11-18(17)25)26-20(12-3-8-16(28)9-4-12)19(22(30)23(26)31)21(29)13-1-5-14(6-2-13)27(32)33/h1-11,20,28-29H/b21-19+. The van der Waals surface area contributed by atoms with Crippen LogP contribution in [0.25, 0.3) is 5.76 Å². The van der Waals surface area contributed by atoms with Gasteiger partial charge in [0.15, 0.2) is 0 Å². The predicted molar refractivity (Wildman–Crippen MR) is 122 cm³/mol. The maximum absolute atomic E-state index is 13.1. The number of aromatic hydroxyl groups is 1. The van der Waals surface area contributed by atoms with Gasteiger partial charge in [-0.15, -0.1) is 0 Å². The SMILES string of the molecule is O=C1C(=O)N(c2ccc(Cl)c(Cl)c2)C(c2ccc(O)cc2)/C1=C(\O)c1ccc([N+](=O)[O-])cc1. The van der Waals surface area contributed by atoms with Gasteiger partial charge < -0.3 is 10.2 Å². The molecule has 0 radical (unpaired) electrons. The van der Waals surface area contributed by atoms with Crippen molar-refractivity contribution in [3.8, 4) is 5.75 Å². The Morgan fingerprint density at radius 1 is 0.939 bits per heavy atom. The van der Waals surface area contributed by atoms with Crippen molar-refractivity contribution in [2.75, 3.05) is 4.90 Å². The third kappa shape index (κ3) is 4.02. The van der Waals surface area contributed by atoms with E-state index >= 15 is 0 Å². The number of halogens is 2. The fraction of sp³-hybridized carbons (Fsp3) is 0.0435. The molecule has 0 aliphatic carbocycles. The second-order valence-electron chi connectivity index (χ2n) is 7.16. The summed E-state index contributed by atoms with van der Waals surface area (Å²) < 4.78 is 0. The number of phenols is 1. The highest BCUT2D eigenvalue weighted by atomic mass is 35.5. The number of Topliss-reactive ketones (excluding diaryl/α,β-unsaturated/α-hetero) is 1. The van der Waals surface area contributed by atoms with Crippen molar-refractivity contribution in [2.45, 2.75) is 6.04 Å². The van der Waals surface area contributed by atoms with Crippen molar-refractivity contribution in [3.63, 3.8) is 0 Å². The molecule has 2 N–H and O–H groups in total. The van der Waals surface area contributed by atoms with E-state index in [-0.39, 0.29) is 38.3 Å². The van der Waals surface area contributed by atoms with Gasteiger partial charge in [0.25, 0.3) is 17.4 Å². The summed E-state index contributed by atoms with van der Waals surface area (Å²) in [5.41, 5.74) is 0.411. The van der Waals surface area contributed by atoms with Crippen LogP contribution in [0.4, 0.5) is 11.4 Å². The number of nitro groups is 1. The van der Waals surface area contributed by atoms with E-state index in [1.165, 1.54) is 71.6 Å². The van der Waals surface area contributed by atoms with Gasteiger partial charge >= 0.3 is 0 Å². The van der Waals surface area contributed by atoms with Gasteiger partial charge in [-0.25, -0.2) is 0 Å². The fourth-order valence-electron chi connectivity index (χ4n) is 3.60. The number of non-ortho nitro benzene ring substituents is 1. The van der Waals surface area contributed by atoms with E-state index in [0.29, 0.717) is 5.56 Å². The Morgan fingerprint density at radius 2 is 1.58 bits per heavy atom. The first-order chi connectivity index (χ1) is 15.7. The van der Waals surface area contributed by atoms with Crippen molar-refractivity contribution in [3.05, 3.63) is 104 Å². The maximum atomic E-state index is 13.1. The summed E-state index contributed by atoms with van der Waals surface area (Å²) in [6.45, 7) is 0. The first-order valence-corrected chi connectivity index (χ1v) is 10.2. The average Bonchev–Trinajstić information content (AvgIpc) is 3.06. The lowest BCUT2D eigenvalue weighted by molar-refractivity contribution is -0.384. The van der Waals surface area contributed by atoms with Crippen LogP contribution in [0.3, 0.4) is 0 Å². The molecule has 3 aromatic rings. The minimum absolute atomic E-state index is 0.0272. The highest BCUT2D eigenvalue weighted by Gasteiger charge is 2.47. The van der Waals surface area contributed by atoms with Gasteiger partial charge in [-0.3, -0.25) is 24.6 Å². The van der Waals surface area contributed by atoms with E-state index in [1.807, 2.05) is 0 Å². The molecule has 33 heavy (non-hydrogen) atoms. The Bertz CT molecular complexity index is 1320. The van der Waals surface area contributed by atoms with Crippen LogP contribution >= 0.6 is 23.2 Å². The molecule has 1 heterocycles. The molecule has 8 nitrogen and oxygen atoms in total. The van der Waals surface area contributed by atoms with Crippen LogP contribution in [0.5, 0.6) is 5.75 Å². The molecule has 1 aliphatic heterocycles. The van der Waals surface area contributed by atoms with Crippen LogP contribution in [0, 0.1) is 10.1 Å². The largest absolute Gasteiger partial charge is 0.508 e. The van der Waals surface area contributed by atoms with Gasteiger partial charge in [-0.05, 0) is 48.0 Å². The lowest BCUT2D eigenvalue weighted by atomic mass is 9.95. The molecule has 4 rings (SSSR count). The third-order valence-corrected chi connectivity index (χ3v) is 5.93. The van der Waals surface area contributed by atoms with E-state index in [2.05, 4.69) is 0 Å². The topological polar surface area (TPSA) is 121 Å². The fourth-order valence-corrected chi connectivity index (χ4v) is 3.89. The van der Waals surface area contributed by atoms with Crippen LogP contribution in [0.2, 0.25) is 10.0 Å². The molecule has 0 saturated carbocycles. The summed E-state index contributed by atoms with van der Waals surface area (Å²) >= 11 is 12.1. The summed E-state index contributed by atoms with van der Waals surface area (Å²) in [6.07, 6.45) is 0. The Labute approximate surface area is 197 Å². The summed E-state index contributed by atoms with van der Waals surface area (Å²) in [5.74, 6) is -2.38.